The Morgan fingerprint density at radius 3 is 1.53 bits per heavy atom. The third-order valence-electron chi connectivity index (χ3n) is 5.40. The van der Waals surface area contributed by atoms with Crippen molar-refractivity contribution in [3.63, 3.8) is 0 Å². The van der Waals surface area contributed by atoms with Crippen molar-refractivity contribution in [3.8, 4) is 0 Å². The van der Waals surface area contributed by atoms with E-state index in [1.54, 1.807) is 0 Å². The van der Waals surface area contributed by atoms with Gasteiger partial charge in [0.25, 0.3) is 0 Å². The van der Waals surface area contributed by atoms with Gasteiger partial charge in [0.05, 0.1) is 5.33 Å². The fourth-order valence-corrected chi connectivity index (χ4v) is 3.58. The lowest BCUT2D eigenvalue weighted by Gasteiger charge is -2.35. The summed E-state index contributed by atoms with van der Waals surface area (Å²) >= 11 is 3.22. The Hall–Kier alpha value is 0.410. The van der Waals surface area contributed by atoms with Crippen molar-refractivity contribution in [2.75, 3.05) is 70.8 Å². The topological polar surface area (TPSA) is 38.8 Å². The molecule has 0 aliphatic carbocycles. The van der Waals surface area contributed by atoms with Crippen LogP contribution in [0.5, 0.6) is 0 Å². The van der Waals surface area contributed by atoms with Gasteiger partial charge in [0.2, 0.25) is 5.91 Å². The van der Waals surface area contributed by atoms with Gasteiger partial charge in [-0.15, -0.1) is 24.8 Å². The molecule has 0 saturated carbocycles. The summed E-state index contributed by atoms with van der Waals surface area (Å²) in [6, 6.07) is 0. The van der Waals surface area contributed by atoms with E-state index in [4.69, 9.17) is 0 Å². The van der Waals surface area contributed by atoms with Gasteiger partial charge in [-0.25, -0.2) is 0 Å². The third kappa shape index (κ3) is 16.1. The molecule has 2 saturated heterocycles. The first-order valence-electron chi connectivity index (χ1n) is 11.0. The number of carbonyl (C=O) groups is 1. The number of halogens is 3. The van der Waals surface area contributed by atoms with Gasteiger partial charge in [-0.1, -0.05) is 57.5 Å². The number of hydrogen-bond acceptors (Lipinski definition) is 4. The summed E-state index contributed by atoms with van der Waals surface area (Å²) in [6.07, 6.45) is 2.53. The normalized spacial score (nSPS) is 18.6. The van der Waals surface area contributed by atoms with Crippen LogP contribution in [0.15, 0.2) is 0 Å². The summed E-state index contributed by atoms with van der Waals surface area (Å²) in [5.41, 5.74) is 0.897. The highest BCUT2D eigenvalue weighted by Crippen LogP contribution is 2.19. The van der Waals surface area contributed by atoms with Crippen LogP contribution in [-0.2, 0) is 4.79 Å². The van der Waals surface area contributed by atoms with Crippen molar-refractivity contribution in [3.05, 3.63) is 0 Å². The molecule has 0 aromatic heterocycles. The standard InChI is InChI=1S/C12H23BrN2O.C10H22N2.2ClH/c1-12(2,3)4-5-14-6-8-15(9-7-14)11(16)10-13;1-10(2,3)4-7-12-8-5-11-6-9-12;;/h4-10H2,1-3H3;11H,4-9H2,1-3H3;2*1H. The van der Waals surface area contributed by atoms with Crippen LogP contribution >= 0.6 is 40.7 Å². The average molecular weight is 534 g/mol. The minimum atomic E-state index is 0. The first kappa shape index (κ1) is 32.6. The van der Waals surface area contributed by atoms with Crippen LogP contribution in [-0.4, -0.2) is 91.4 Å². The summed E-state index contributed by atoms with van der Waals surface area (Å²) in [5.74, 6) is 0.218. The molecule has 1 N–H and O–H groups in total. The lowest BCUT2D eigenvalue weighted by atomic mass is 9.92. The Balaban J connectivity index is 0. The lowest BCUT2D eigenvalue weighted by Crippen LogP contribution is -2.49. The molecule has 2 aliphatic heterocycles. The zero-order valence-corrected chi connectivity index (χ0v) is 23.4. The van der Waals surface area contributed by atoms with Gasteiger partial charge in [0, 0.05) is 52.4 Å². The summed E-state index contributed by atoms with van der Waals surface area (Å²) in [5, 5.41) is 3.82. The molecule has 182 valence electrons. The number of amides is 1. The number of carbonyl (C=O) groups excluding carboxylic acids is 1. The van der Waals surface area contributed by atoms with Gasteiger partial charge in [-0.2, -0.15) is 0 Å². The fourth-order valence-electron chi connectivity index (χ4n) is 3.23. The van der Waals surface area contributed by atoms with Crippen LogP contribution in [0.1, 0.15) is 54.4 Å². The zero-order chi connectivity index (χ0) is 21.2. The molecule has 2 heterocycles. The quantitative estimate of drug-likeness (QED) is 0.539. The molecule has 2 fully saturated rings. The molecule has 30 heavy (non-hydrogen) atoms. The third-order valence-corrected chi connectivity index (χ3v) is 5.88. The number of hydrogen-bond donors (Lipinski definition) is 1. The average Bonchev–Trinajstić information content (AvgIpc) is 2.65. The van der Waals surface area contributed by atoms with Gasteiger partial charge in [-0.3, -0.25) is 9.69 Å². The molecule has 0 atom stereocenters. The van der Waals surface area contributed by atoms with E-state index in [1.165, 1.54) is 45.6 Å². The molecule has 2 rings (SSSR count). The molecule has 2 aliphatic rings. The maximum Gasteiger partial charge on any atom is 0.233 e. The van der Waals surface area contributed by atoms with Crippen LogP contribution in [0.3, 0.4) is 0 Å². The summed E-state index contributed by atoms with van der Waals surface area (Å²) in [6.45, 7) is 24.8. The van der Waals surface area contributed by atoms with Crippen LogP contribution < -0.4 is 5.32 Å². The van der Waals surface area contributed by atoms with Crippen LogP contribution in [0.25, 0.3) is 0 Å². The molecule has 1 amide bonds. The van der Waals surface area contributed by atoms with Crippen molar-refractivity contribution < 1.29 is 4.79 Å². The molecular formula is C22H47BrCl2N4O. The van der Waals surface area contributed by atoms with Crippen molar-refractivity contribution in [2.24, 2.45) is 10.8 Å². The number of nitrogens with zero attached hydrogens (tertiary/aromatic N) is 3. The second kappa shape index (κ2) is 16.1. The number of rotatable bonds is 5. The highest BCUT2D eigenvalue weighted by Gasteiger charge is 2.21. The highest BCUT2D eigenvalue weighted by molar-refractivity contribution is 9.09. The number of alkyl halides is 1. The molecular weight excluding hydrogens is 487 g/mol. The predicted octanol–water partition coefficient (Wildman–Crippen LogP) is 4.13. The molecule has 0 aromatic carbocycles. The van der Waals surface area contributed by atoms with Crippen molar-refractivity contribution in [2.45, 2.75) is 54.4 Å². The van der Waals surface area contributed by atoms with E-state index in [0.29, 0.717) is 16.2 Å². The molecule has 8 heteroatoms. The van der Waals surface area contributed by atoms with Crippen LogP contribution in [0.2, 0.25) is 0 Å². The molecule has 0 bridgehead atoms. The highest BCUT2D eigenvalue weighted by atomic mass is 79.9. The van der Waals surface area contributed by atoms with E-state index in [-0.39, 0.29) is 30.7 Å². The van der Waals surface area contributed by atoms with Crippen molar-refractivity contribution in [1.29, 1.82) is 0 Å². The molecule has 0 radical (unpaired) electrons. The van der Waals surface area contributed by atoms with E-state index >= 15 is 0 Å². The monoisotopic (exact) mass is 532 g/mol. The number of nitrogens with one attached hydrogen (secondary N) is 1. The van der Waals surface area contributed by atoms with E-state index in [1.807, 2.05) is 4.90 Å². The maximum atomic E-state index is 11.5. The summed E-state index contributed by atoms with van der Waals surface area (Å²) in [4.78, 5) is 18.4. The Bertz CT molecular complexity index is 441. The Kier molecular flexibility index (Phi) is 17.5. The van der Waals surface area contributed by atoms with E-state index in [0.717, 1.165) is 32.7 Å². The van der Waals surface area contributed by atoms with Crippen LogP contribution in [0, 0.1) is 10.8 Å². The van der Waals surface area contributed by atoms with Gasteiger partial charge < -0.3 is 15.1 Å². The molecule has 5 nitrogen and oxygen atoms in total. The zero-order valence-electron chi connectivity index (χ0n) is 20.1. The van der Waals surface area contributed by atoms with Crippen LogP contribution in [0.4, 0.5) is 0 Å². The summed E-state index contributed by atoms with van der Waals surface area (Å²) in [7, 11) is 0. The van der Waals surface area contributed by atoms with Gasteiger partial charge in [0.15, 0.2) is 0 Å². The van der Waals surface area contributed by atoms with Gasteiger partial charge in [0.1, 0.15) is 0 Å². The Labute approximate surface area is 207 Å². The first-order valence-corrected chi connectivity index (χ1v) is 12.1. The maximum absolute atomic E-state index is 11.5. The molecule has 0 aromatic rings. The lowest BCUT2D eigenvalue weighted by molar-refractivity contribution is -0.130. The van der Waals surface area contributed by atoms with E-state index < -0.39 is 0 Å². The number of piperazine rings is 2. The second-order valence-electron chi connectivity index (χ2n) is 10.6. The Morgan fingerprint density at radius 1 is 0.767 bits per heavy atom. The SMILES string of the molecule is CC(C)(C)CCN1CCN(C(=O)CBr)CC1.CC(C)(C)CCN1CCNCC1.Cl.Cl. The first-order chi connectivity index (χ1) is 13.0. The van der Waals surface area contributed by atoms with E-state index in [2.05, 4.69) is 72.6 Å². The second-order valence-corrected chi connectivity index (χ2v) is 11.1. The minimum absolute atomic E-state index is 0. The largest absolute Gasteiger partial charge is 0.339 e. The van der Waals surface area contributed by atoms with Crippen molar-refractivity contribution >= 4 is 46.7 Å². The molecule has 0 spiro atoms. The Morgan fingerprint density at radius 2 is 1.17 bits per heavy atom. The van der Waals surface area contributed by atoms with Gasteiger partial charge >= 0.3 is 0 Å². The van der Waals surface area contributed by atoms with Crippen molar-refractivity contribution in [1.82, 2.24) is 20.0 Å². The smallest absolute Gasteiger partial charge is 0.233 e. The fraction of sp³-hybridized carbons (Fsp3) is 0.955. The molecule has 0 unspecified atom stereocenters. The minimum Gasteiger partial charge on any atom is -0.339 e. The van der Waals surface area contributed by atoms with Gasteiger partial charge in [-0.05, 0) is 36.8 Å². The van der Waals surface area contributed by atoms with E-state index in [9.17, 15) is 4.79 Å². The predicted molar refractivity (Wildman–Crippen MR) is 139 cm³/mol. The summed E-state index contributed by atoms with van der Waals surface area (Å²) < 4.78 is 0.